The highest BCUT2D eigenvalue weighted by atomic mass is 16.5. The Morgan fingerprint density at radius 1 is 1.36 bits per heavy atom. The molecule has 0 unspecified atom stereocenters. The van der Waals surface area contributed by atoms with E-state index in [0.717, 1.165) is 25.0 Å². The molecule has 1 aromatic rings. The van der Waals surface area contributed by atoms with E-state index in [0.29, 0.717) is 0 Å². The summed E-state index contributed by atoms with van der Waals surface area (Å²) in [6.45, 7) is 0.727. The van der Waals surface area contributed by atoms with Gasteiger partial charge in [0.05, 0.1) is 12.0 Å². The number of nitriles is 1. The van der Waals surface area contributed by atoms with Gasteiger partial charge in [-0.25, -0.2) is 0 Å². The van der Waals surface area contributed by atoms with E-state index in [9.17, 15) is 0 Å². The lowest BCUT2D eigenvalue weighted by molar-refractivity contribution is 0.192. The second-order valence-electron chi connectivity index (χ2n) is 3.23. The quantitative estimate of drug-likeness (QED) is 0.667. The number of benzene rings is 1. The van der Waals surface area contributed by atoms with Crippen molar-refractivity contribution in [3.8, 4) is 6.07 Å². The Hall–Kier alpha value is -1.33. The predicted molar refractivity (Wildman–Crippen MR) is 55.9 cm³/mol. The van der Waals surface area contributed by atoms with Crippen molar-refractivity contribution in [1.29, 1.82) is 5.26 Å². The maximum Gasteiger partial charge on any atom is 0.0713 e. The van der Waals surface area contributed by atoms with E-state index >= 15 is 0 Å². The molecule has 0 saturated carbocycles. The van der Waals surface area contributed by atoms with Crippen LogP contribution in [0.25, 0.3) is 0 Å². The topological polar surface area (TPSA) is 33.0 Å². The molecule has 0 N–H and O–H groups in total. The van der Waals surface area contributed by atoms with Gasteiger partial charge in [0, 0.05) is 13.7 Å². The summed E-state index contributed by atoms with van der Waals surface area (Å²) >= 11 is 0. The zero-order valence-corrected chi connectivity index (χ0v) is 8.44. The van der Waals surface area contributed by atoms with E-state index in [-0.39, 0.29) is 5.92 Å². The summed E-state index contributed by atoms with van der Waals surface area (Å²) in [4.78, 5) is 0. The van der Waals surface area contributed by atoms with Crippen LogP contribution >= 0.6 is 0 Å². The van der Waals surface area contributed by atoms with Crippen LogP contribution in [0.3, 0.4) is 0 Å². The van der Waals surface area contributed by atoms with Crippen LogP contribution in [0.5, 0.6) is 0 Å². The molecule has 0 aromatic heterocycles. The first-order valence-corrected chi connectivity index (χ1v) is 4.82. The Balaban J connectivity index is 2.52. The Morgan fingerprint density at radius 3 is 2.64 bits per heavy atom. The minimum atomic E-state index is 0.00588. The lowest BCUT2D eigenvalue weighted by atomic mass is 9.96. The lowest BCUT2D eigenvalue weighted by Gasteiger charge is -2.08. The smallest absolute Gasteiger partial charge is 0.0713 e. The largest absolute Gasteiger partial charge is 0.385 e. The van der Waals surface area contributed by atoms with Crippen LogP contribution in [-0.2, 0) is 4.74 Å². The van der Waals surface area contributed by atoms with Gasteiger partial charge in [-0.1, -0.05) is 30.3 Å². The van der Waals surface area contributed by atoms with E-state index in [1.54, 1.807) is 7.11 Å². The summed E-state index contributed by atoms with van der Waals surface area (Å²) in [5, 5.41) is 8.99. The van der Waals surface area contributed by atoms with Gasteiger partial charge in [0.1, 0.15) is 0 Å². The third-order valence-electron chi connectivity index (χ3n) is 2.20. The van der Waals surface area contributed by atoms with Crippen molar-refractivity contribution in [2.24, 2.45) is 0 Å². The van der Waals surface area contributed by atoms with Gasteiger partial charge in [0.15, 0.2) is 0 Å². The fraction of sp³-hybridized carbons (Fsp3) is 0.417. The van der Waals surface area contributed by atoms with Gasteiger partial charge in [-0.05, 0) is 18.4 Å². The van der Waals surface area contributed by atoms with Crippen molar-refractivity contribution in [2.75, 3.05) is 13.7 Å². The number of nitrogens with zero attached hydrogens (tertiary/aromatic N) is 1. The van der Waals surface area contributed by atoms with Crippen molar-refractivity contribution in [3.63, 3.8) is 0 Å². The van der Waals surface area contributed by atoms with Crippen LogP contribution in [0.2, 0.25) is 0 Å². The van der Waals surface area contributed by atoms with Crippen LogP contribution in [0.15, 0.2) is 30.3 Å². The third-order valence-corrected chi connectivity index (χ3v) is 2.20. The fourth-order valence-corrected chi connectivity index (χ4v) is 1.42. The average molecular weight is 189 g/mol. The third kappa shape index (κ3) is 3.20. The molecule has 1 rings (SSSR count). The number of hydrogen-bond acceptors (Lipinski definition) is 2. The summed E-state index contributed by atoms with van der Waals surface area (Å²) in [5.74, 6) is 0.00588. The van der Waals surface area contributed by atoms with E-state index < -0.39 is 0 Å². The molecule has 14 heavy (non-hydrogen) atoms. The van der Waals surface area contributed by atoms with Gasteiger partial charge in [-0.2, -0.15) is 5.26 Å². The molecule has 2 heteroatoms. The minimum absolute atomic E-state index is 0.00588. The first kappa shape index (κ1) is 10.7. The second kappa shape index (κ2) is 6.17. The molecule has 0 bridgehead atoms. The molecule has 0 aliphatic rings. The molecule has 0 aliphatic heterocycles. The van der Waals surface area contributed by atoms with Gasteiger partial charge in [-0.3, -0.25) is 0 Å². The Bertz CT molecular complexity index is 289. The van der Waals surface area contributed by atoms with Crippen molar-refractivity contribution < 1.29 is 4.74 Å². The number of methoxy groups -OCH3 is 1. The molecule has 1 atom stereocenters. The molecular formula is C12H15NO. The normalized spacial score (nSPS) is 12.0. The second-order valence-corrected chi connectivity index (χ2v) is 3.23. The van der Waals surface area contributed by atoms with Crippen LogP contribution in [0.1, 0.15) is 24.3 Å². The molecule has 0 saturated heterocycles. The van der Waals surface area contributed by atoms with Crippen molar-refractivity contribution in [3.05, 3.63) is 35.9 Å². The van der Waals surface area contributed by atoms with Crippen LogP contribution in [0, 0.1) is 11.3 Å². The highest BCUT2D eigenvalue weighted by Gasteiger charge is 2.08. The molecule has 0 heterocycles. The standard InChI is InChI=1S/C12H15NO/c1-14-9-5-8-12(10-13)11-6-3-2-4-7-11/h2-4,6-7,12H,5,8-9H2,1H3/t12-/m0/s1. The monoisotopic (exact) mass is 189 g/mol. The summed E-state index contributed by atoms with van der Waals surface area (Å²) < 4.78 is 4.96. The van der Waals surface area contributed by atoms with Crippen molar-refractivity contribution in [1.82, 2.24) is 0 Å². The SMILES string of the molecule is COCCC[C@@H](C#N)c1ccccc1. The Kier molecular flexibility index (Phi) is 4.74. The summed E-state index contributed by atoms with van der Waals surface area (Å²) in [6, 6.07) is 12.2. The molecule has 0 radical (unpaired) electrons. The molecule has 0 fully saturated rings. The highest BCUT2D eigenvalue weighted by molar-refractivity contribution is 5.24. The van der Waals surface area contributed by atoms with Crippen molar-refractivity contribution >= 4 is 0 Å². The molecule has 0 spiro atoms. The summed E-state index contributed by atoms with van der Waals surface area (Å²) in [5.41, 5.74) is 1.10. The van der Waals surface area contributed by atoms with Crippen LogP contribution in [-0.4, -0.2) is 13.7 Å². The molecular weight excluding hydrogens is 174 g/mol. The van der Waals surface area contributed by atoms with E-state index in [2.05, 4.69) is 6.07 Å². The van der Waals surface area contributed by atoms with Gasteiger partial charge in [0.25, 0.3) is 0 Å². The fourth-order valence-electron chi connectivity index (χ4n) is 1.42. The molecule has 2 nitrogen and oxygen atoms in total. The Morgan fingerprint density at radius 2 is 2.07 bits per heavy atom. The highest BCUT2D eigenvalue weighted by Crippen LogP contribution is 2.19. The van der Waals surface area contributed by atoms with E-state index in [1.165, 1.54) is 0 Å². The number of ether oxygens (including phenoxy) is 1. The summed E-state index contributed by atoms with van der Waals surface area (Å²) in [7, 11) is 1.68. The number of hydrogen-bond donors (Lipinski definition) is 0. The summed E-state index contributed by atoms with van der Waals surface area (Å²) in [6.07, 6.45) is 1.80. The van der Waals surface area contributed by atoms with E-state index in [4.69, 9.17) is 10.00 Å². The first-order valence-electron chi connectivity index (χ1n) is 4.82. The molecule has 1 aromatic carbocycles. The van der Waals surface area contributed by atoms with Gasteiger partial charge in [-0.15, -0.1) is 0 Å². The Labute approximate surface area is 85.1 Å². The molecule has 0 amide bonds. The van der Waals surface area contributed by atoms with E-state index in [1.807, 2.05) is 30.3 Å². The predicted octanol–water partition coefficient (Wildman–Crippen LogP) is 2.72. The van der Waals surface area contributed by atoms with Gasteiger partial charge < -0.3 is 4.74 Å². The van der Waals surface area contributed by atoms with Gasteiger partial charge in [0.2, 0.25) is 0 Å². The average Bonchev–Trinajstić information content (AvgIpc) is 2.26. The van der Waals surface area contributed by atoms with Crippen molar-refractivity contribution in [2.45, 2.75) is 18.8 Å². The van der Waals surface area contributed by atoms with Crippen LogP contribution in [0.4, 0.5) is 0 Å². The minimum Gasteiger partial charge on any atom is -0.385 e. The maximum atomic E-state index is 8.99. The van der Waals surface area contributed by atoms with Crippen LogP contribution < -0.4 is 0 Å². The molecule has 74 valence electrons. The number of rotatable bonds is 5. The zero-order chi connectivity index (χ0) is 10.2. The van der Waals surface area contributed by atoms with Gasteiger partial charge >= 0.3 is 0 Å². The lowest BCUT2D eigenvalue weighted by Crippen LogP contribution is -1.98. The zero-order valence-electron chi connectivity index (χ0n) is 8.44. The first-order chi connectivity index (χ1) is 6.88. The maximum absolute atomic E-state index is 8.99. The molecule has 0 aliphatic carbocycles.